The van der Waals surface area contributed by atoms with Gasteiger partial charge in [0.15, 0.2) is 5.11 Å². The number of hydrogen-bond acceptors (Lipinski definition) is 5. The second kappa shape index (κ2) is 10.1. The van der Waals surface area contributed by atoms with Crippen molar-refractivity contribution in [3.8, 4) is 0 Å². The lowest BCUT2D eigenvalue weighted by atomic mass is 10.1. The fourth-order valence-electron chi connectivity index (χ4n) is 2.76. The molecule has 1 heterocycles. The van der Waals surface area contributed by atoms with E-state index in [0.29, 0.717) is 22.0 Å². The molecule has 0 spiro atoms. The molecule has 0 aliphatic carbocycles. The summed E-state index contributed by atoms with van der Waals surface area (Å²) in [4.78, 5) is 35.5. The highest BCUT2D eigenvalue weighted by Gasteiger charge is 2.10. The normalized spacial score (nSPS) is 10.4. The second-order valence-electron chi connectivity index (χ2n) is 6.61. The molecular weight excluding hydrogens is 440 g/mol. The van der Waals surface area contributed by atoms with Gasteiger partial charge < -0.3 is 15.1 Å². The number of fused-ring (bicyclic) bond motifs is 1. The standard InChI is InChI=1S/C21H19ClN4O4S/c1-12-10-20(29)30-17-11-13(6-7-14(12)17)23-21(31)26-25-19(28)9-8-18(27)24-16-5-3-2-4-15(16)22/h2-7,10-11H,8-9H2,1H3,(H,24,27)(H,25,28)(H2,23,26,31). The van der Waals surface area contributed by atoms with E-state index in [4.69, 9.17) is 28.2 Å². The molecule has 0 bridgehead atoms. The van der Waals surface area contributed by atoms with Crippen LogP contribution in [0.25, 0.3) is 11.0 Å². The van der Waals surface area contributed by atoms with E-state index in [1.807, 2.05) is 6.92 Å². The molecule has 0 fully saturated rings. The van der Waals surface area contributed by atoms with Crippen molar-refractivity contribution in [2.24, 2.45) is 0 Å². The lowest BCUT2D eigenvalue weighted by Crippen LogP contribution is -2.43. The van der Waals surface area contributed by atoms with Crippen LogP contribution in [0.15, 0.2) is 57.7 Å². The molecule has 0 saturated heterocycles. The van der Waals surface area contributed by atoms with E-state index in [0.717, 1.165) is 10.9 Å². The van der Waals surface area contributed by atoms with Crippen LogP contribution in [0.1, 0.15) is 18.4 Å². The first kappa shape index (κ1) is 22.3. The first-order valence-corrected chi connectivity index (χ1v) is 10.0. The van der Waals surface area contributed by atoms with E-state index in [-0.39, 0.29) is 23.9 Å². The summed E-state index contributed by atoms with van der Waals surface area (Å²) in [5.74, 6) is -0.754. The number of para-hydroxylation sites is 1. The maximum atomic E-state index is 12.0. The molecule has 3 aromatic rings. The van der Waals surface area contributed by atoms with Crippen molar-refractivity contribution in [3.63, 3.8) is 0 Å². The highest BCUT2D eigenvalue weighted by Crippen LogP contribution is 2.21. The van der Waals surface area contributed by atoms with Crippen molar-refractivity contribution in [2.45, 2.75) is 19.8 Å². The first-order valence-electron chi connectivity index (χ1n) is 9.26. The quantitative estimate of drug-likeness (QED) is 0.263. The van der Waals surface area contributed by atoms with Gasteiger partial charge in [-0.15, -0.1) is 0 Å². The molecule has 0 aliphatic heterocycles. The van der Waals surface area contributed by atoms with Gasteiger partial charge in [0.2, 0.25) is 11.8 Å². The van der Waals surface area contributed by atoms with E-state index in [1.165, 1.54) is 6.07 Å². The SMILES string of the molecule is Cc1cc(=O)oc2cc(NC(=S)NNC(=O)CCC(=O)Nc3ccccc3Cl)ccc12. The molecule has 10 heteroatoms. The fraction of sp³-hybridized carbons (Fsp3) is 0.143. The summed E-state index contributed by atoms with van der Waals surface area (Å²) < 4.78 is 5.19. The number of carbonyl (C=O) groups is 2. The molecule has 0 saturated carbocycles. The van der Waals surface area contributed by atoms with Crippen molar-refractivity contribution in [1.82, 2.24) is 10.9 Å². The highest BCUT2D eigenvalue weighted by molar-refractivity contribution is 7.80. The number of benzene rings is 2. The van der Waals surface area contributed by atoms with Crippen molar-refractivity contribution in [2.75, 3.05) is 10.6 Å². The van der Waals surface area contributed by atoms with Gasteiger partial charge in [-0.1, -0.05) is 23.7 Å². The molecule has 0 aliphatic rings. The van der Waals surface area contributed by atoms with Crippen LogP contribution >= 0.6 is 23.8 Å². The number of carbonyl (C=O) groups excluding carboxylic acids is 2. The van der Waals surface area contributed by atoms with Crippen molar-refractivity contribution in [1.29, 1.82) is 0 Å². The molecule has 2 amide bonds. The Labute approximate surface area is 187 Å². The number of thiocarbonyl (C=S) groups is 1. The minimum Gasteiger partial charge on any atom is -0.423 e. The molecule has 4 N–H and O–H groups in total. The molecule has 0 atom stereocenters. The Morgan fingerprint density at radius 1 is 1.00 bits per heavy atom. The van der Waals surface area contributed by atoms with Crippen LogP contribution in [0.5, 0.6) is 0 Å². The molecular formula is C21H19ClN4O4S. The third-order valence-electron chi connectivity index (χ3n) is 4.25. The number of hydrogen-bond donors (Lipinski definition) is 4. The molecule has 0 radical (unpaired) electrons. The van der Waals surface area contributed by atoms with Gasteiger partial charge in [0.25, 0.3) is 0 Å². The van der Waals surface area contributed by atoms with Crippen LogP contribution in [-0.2, 0) is 9.59 Å². The van der Waals surface area contributed by atoms with Crippen LogP contribution < -0.4 is 27.1 Å². The summed E-state index contributed by atoms with van der Waals surface area (Å²) in [5, 5.41) is 6.89. The maximum Gasteiger partial charge on any atom is 0.336 e. The van der Waals surface area contributed by atoms with Crippen molar-refractivity contribution >= 4 is 63.1 Å². The van der Waals surface area contributed by atoms with Gasteiger partial charge in [0.1, 0.15) is 5.58 Å². The third-order valence-corrected chi connectivity index (χ3v) is 4.79. The summed E-state index contributed by atoms with van der Waals surface area (Å²) in [7, 11) is 0. The summed E-state index contributed by atoms with van der Waals surface area (Å²) in [6, 6.07) is 13.5. The Bertz CT molecular complexity index is 1210. The first-order chi connectivity index (χ1) is 14.8. The Morgan fingerprint density at radius 3 is 2.52 bits per heavy atom. The summed E-state index contributed by atoms with van der Waals surface area (Å²) >= 11 is 11.1. The highest BCUT2D eigenvalue weighted by atomic mass is 35.5. The largest absolute Gasteiger partial charge is 0.423 e. The molecule has 3 rings (SSSR count). The molecule has 0 unspecified atom stereocenters. The minimum absolute atomic E-state index is 0.0258. The summed E-state index contributed by atoms with van der Waals surface area (Å²) in [5.41, 5.74) is 6.83. The number of hydrazine groups is 1. The van der Waals surface area contributed by atoms with Gasteiger partial charge in [-0.25, -0.2) is 4.79 Å². The number of halogens is 1. The van der Waals surface area contributed by atoms with Gasteiger partial charge >= 0.3 is 5.63 Å². The zero-order chi connectivity index (χ0) is 22.4. The van der Waals surface area contributed by atoms with Gasteiger partial charge in [-0.3, -0.25) is 20.4 Å². The maximum absolute atomic E-state index is 12.0. The molecule has 2 aromatic carbocycles. The van der Waals surface area contributed by atoms with E-state index >= 15 is 0 Å². The van der Waals surface area contributed by atoms with Crippen LogP contribution in [0, 0.1) is 6.92 Å². The Balaban J connectivity index is 1.45. The smallest absolute Gasteiger partial charge is 0.336 e. The Hall–Kier alpha value is -3.43. The van der Waals surface area contributed by atoms with Crippen LogP contribution in [0.4, 0.5) is 11.4 Å². The third kappa shape index (κ3) is 6.27. The van der Waals surface area contributed by atoms with Crippen LogP contribution in [0.3, 0.4) is 0 Å². The zero-order valence-electron chi connectivity index (χ0n) is 16.5. The van der Waals surface area contributed by atoms with Crippen molar-refractivity contribution in [3.05, 3.63) is 69.5 Å². The lowest BCUT2D eigenvalue weighted by Gasteiger charge is -2.12. The van der Waals surface area contributed by atoms with Gasteiger partial charge in [0.05, 0.1) is 10.7 Å². The van der Waals surface area contributed by atoms with Gasteiger partial charge in [0, 0.05) is 36.0 Å². The number of rotatable bonds is 5. The number of aryl methyl sites for hydroxylation is 1. The Kier molecular flexibility index (Phi) is 7.22. The van der Waals surface area contributed by atoms with E-state index in [9.17, 15) is 14.4 Å². The van der Waals surface area contributed by atoms with E-state index in [1.54, 1.807) is 42.5 Å². The average molecular weight is 459 g/mol. The fourth-order valence-corrected chi connectivity index (χ4v) is 3.11. The molecule has 1 aromatic heterocycles. The second-order valence-corrected chi connectivity index (χ2v) is 7.43. The van der Waals surface area contributed by atoms with Crippen molar-refractivity contribution < 1.29 is 14.0 Å². The molecule has 160 valence electrons. The average Bonchev–Trinajstić information content (AvgIpc) is 2.72. The molecule has 31 heavy (non-hydrogen) atoms. The van der Waals surface area contributed by atoms with E-state index < -0.39 is 11.5 Å². The lowest BCUT2D eigenvalue weighted by molar-refractivity contribution is -0.124. The van der Waals surface area contributed by atoms with Crippen LogP contribution in [0.2, 0.25) is 5.02 Å². The number of anilines is 2. The number of amides is 2. The predicted octanol–water partition coefficient (Wildman–Crippen LogP) is 3.49. The summed E-state index contributed by atoms with van der Waals surface area (Å²) in [6.07, 6.45) is -0.0751. The Morgan fingerprint density at radius 2 is 1.74 bits per heavy atom. The van der Waals surface area contributed by atoms with Crippen LogP contribution in [-0.4, -0.2) is 16.9 Å². The van der Waals surface area contributed by atoms with Gasteiger partial charge in [-0.2, -0.15) is 0 Å². The van der Waals surface area contributed by atoms with Gasteiger partial charge in [-0.05, 0) is 49.0 Å². The zero-order valence-corrected chi connectivity index (χ0v) is 18.0. The minimum atomic E-state index is -0.436. The predicted molar refractivity (Wildman–Crippen MR) is 124 cm³/mol. The summed E-state index contributed by atoms with van der Waals surface area (Å²) in [6.45, 7) is 1.82. The topological polar surface area (TPSA) is 112 Å². The number of nitrogens with one attached hydrogen (secondary N) is 4. The molecule has 8 nitrogen and oxygen atoms in total. The monoisotopic (exact) mass is 458 g/mol. The van der Waals surface area contributed by atoms with E-state index in [2.05, 4.69) is 21.5 Å².